The number of carboxylic acid groups (broad SMARTS) is 2. The van der Waals surface area contributed by atoms with Crippen molar-refractivity contribution in [2.24, 2.45) is 0 Å². The maximum absolute atomic E-state index is 10.3. The van der Waals surface area contributed by atoms with Crippen LogP contribution in [0.1, 0.15) is 0 Å². The first-order chi connectivity index (χ1) is 15.9. The van der Waals surface area contributed by atoms with Gasteiger partial charge in [-0.15, -0.1) is 23.5 Å². The third-order valence-electron chi connectivity index (χ3n) is 4.24. The number of fused-ring (bicyclic) bond motifs is 1. The highest BCUT2D eigenvalue weighted by Crippen LogP contribution is 2.32. The summed E-state index contributed by atoms with van der Waals surface area (Å²) in [6.07, 6.45) is 0.690. The number of nitrogens with one attached hydrogen (secondary N) is 1. The fourth-order valence-electron chi connectivity index (χ4n) is 2.66. The number of methoxy groups -OCH3 is 1. The number of ether oxygens (including phenoxy) is 2. The van der Waals surface area contributed by atoms with Crippen molar-refractivity contribution in [2.45, 2.75) is 21.9 Å². The molecule has 2 aromatic rings. The van der Waals surface area contributed by atoms with Gasteiger partial charge in [0.05, 0.1) is 19.3 Å². The van der Waals surface area contributed by atoms with Crippen molar-refractivity contribution in [1.29, 1.82) is 0 Å². The minimum absolute atomic E-state index is 0.225. The Morgan fingerprint density at radius 2 is 1.85 bits per heavy atom. The van der Waals surface area contributed by atoms with E-state index in [1.165, 1.54) is 4.90 Å². The Morgan fingerprint density at radius 1 is 1.18 bits per heavy atom. The SMILES string of the molecule is COc1ccccc1SC[C@H](O)CN[C@@H]1COc2ccccc2SC1.O=C(O)/C=C\C(=O)O. The molecule has 0 saturated carbocycles. The number of carbonyl (C=O) groups is 2. The number of thioether (sulfide) groups is 2. The number of para-hydroxylation sites is 2. The van der Waals surface area contributed by atoms with Crippen LogP contribution in [0.4, 0.5) is 0 Å². The topological polar surface area (TPSA) is 125 Å². The van der Waals surface area contributed by atoms with Gasteiger partial charge in [-0.1, -0.05) is 24.3 Å². The van der Waals surface area contributed by atoms with Crippen LogP contribution >= 0.6 is 23.5 Å². The Bertz CT molecular complexity index is 896. The van der Waals surface area contributed by atoms with Gasteiger partial charge in [0.1, 0.15) is 18.1 Å². The van der Waals surface area contributed by atoms with Gasteiger partial charge in [0.2, 0.25) is 0 Å². The molecular weight excluding hydrogens is 466 g/mol. The third kappa shape index (κ3) is 10.2. The lowest BCUT2D eigenvalue weighted by Gasteiger charge is -2.18. The first-order valence-electron chi connectivity index (χ1n) is 10.0. The molecule has 1 heterocycles. The van der Waals surface area contributed by atoms with Gasteiger partial charge in [0.15, 0.2) is 0 Å². The molecule has 4 N–H and O–H groups in total. The lowest BCUT2D eigenvalue weighted by molar-refractivity contribution is -0.134. The molecule has 2 atom stereocenters. The van der Waals surface area contributed by atoms with Crippen LogP contribution in [0.2, 0.25) is 0 Å². The third-order valence-corrected chi connectivity index (χ3v) is 6.66. The summed E-state index contributed by atoms with van der Waals surface area (Å²) in [5, 5.41) is 29.3. The van der Waals surface area contributed by atoms with Crippen molar-refractivity contribution < 1.29 is 34.4 Å². The van der Waals surface area contributed by atoms with Gasteiger partial charge in [-0.2, -0.15) is 0 Å². The molecular formula is C23H27NO7S2. The smallest absolute Gasteiger partial charge is 0.328 e. The molecule has 2 aromatic carbocycles. The maximum Gasteiger partial charge on any atom is 0.328 e. The number of rotatable bonds is 9. The van der Waals surface area contributed by atoms with Crippen molar-refractivity contribution in [2.75, 3.05) is 31.8 Å². The van der Waals surface area contributed by atoms with Crippen LogP contribution in [0.5, 0.6) is 11.5 Å². The van der Waals surface area contributed by atoms with E-state index in [1.807, 2.05) is 42.5 Å². The molecule has 0 fully saturated rings. The number of aliphatic hydroxyl groups excluding tert-OH is 1. The summed E-state index contributed by atoms with van der Waals surface area (Å²) in [5.74, 6) is 0.834. The average Bonchev–Trinajstić information content (AvgIpc) is 3.03. The molecule has 0 spiro atoms. The van der Waals surface area contributed by atoms with Gasteiger partial charge in [0.25, 0.3) is 0 Å². The minimum Gasteiger partial charge on any atom is -0.496 e. The normalized spacial score (nSPS) is 15.9. The van der Waals surface area contributed by atoms with Gasteiger partial charge >= 0.3 is 11.9 Å². The summed E-state index contributed by atoms with van der Waals surface area (Å²) in [7, 11) is 1.67. The molecule has 1 aliphatic heterocycles. The molecule has 0 aliphatic carbocycles. The molecule has 0 unspecified atom stereocenters. The Kier molecular flexibility index (Phi) is 11.7. The van der Waals surface area contributed by atoms with Gasteiger partial charge in [0, 0.05) is 40.0 Å². The zero-order valence-electron chi connectivity index (χ0n) is 18.0. The number of hydrogen-bond donors (Lipinski definition) is 4. The van der Waals surface area contributed by atoms with Crippen molar-refractivity contribution in [1.82, 2.24) is 5.32 Å². The molecule has 0 radical (unpaired) electrons. The van der Waals surface area contributed by atoms with E-state index in [0.29, 0.717) is 31.1 Å². The number of aliphatic hydroxyl groups is 1. The van der Waals surface area contributed by atoms with E-state index in [4.69, 9.17) is 19.7 Å². The van der Waals surface area contributed by atoms with E-state index in [0.717, 1.165) is 22.1 Å². The zero-order valence-corrected chi connectivity index (χ0v) is 19.7. The van der Waals surface area contributed by atoms with E-state index in [9.17, 15) is 14.7 Å². The second-order valence-electron chi connectivity index (χ2n) is 6.80. The second-order valence-corrected chi connectivity index (χ2v) is 8.92. The highest BCUT2D eigenvalue weighted by atomic mass is 32.2. The summed E-state index contributed by atoms with van der Waals surface area (Å²) in [6.45, 7) is 1.17. The van der Waals surface area contributed by atoms with Crippen LogP contribution in [0.15, 0.2) is 70.5 Å². The summed E-state index contributed by atoms with van der Waals surface area (Å²) >= 11 is 3.40. The monoisotopic (exact) mass is 493 g/mol. The molecule has 0 bridgehead atoms. The van der Waals surface area contributed by atoms with E-state index in [-0.39, 0.29) is 6.04 Å². The Labute approximate surface area is 201 Å². The van der Waals surface area contributed by atoms with Gasteiger partial charge < -0.3 is 30.1 Å². The molecule has 0 aromatic heterocycles. The number of carboxylic acids is 2. The van der Waals surface area contributed by atoms with Crippen LogP contribution in [0, 0.1) is 0 Å². The summed E-state index contributed by atoms with van der Waals surface area (Å²) < 4.78 is 11.2. The van der Waals surface area contributed by atoms with Crippen LogP contribution in [0.3, 0.4) is 0 Å². The largest absolute Gasteiger partial charge is 0.496 e. The van der Waals surface area contributed by atoms with E-state index >= 15 is 0 Å². The molecule has 8 nitrogen and oxygen atoms in total. The maximum atomic E-state index is 10.3. The molecule has 0 amide bonds. The van der Waals surface area contributed by atoms with Crippen LogP contribution in [-0.4, -0.2) is 71.2 Å². The van der Waals surface area contributed by atoms with Crippen molar-refractivity contribution in [3.8, 4) is 11.5 Å². The molecule has 33 heavy (non-hydrogen) atoms. The van der Waals surface area contributed by atoms with Crippen molar-refractivity contribution in [3.63, 3.8) is 0 Å². The first kappa shape index (κ1) is 26.6. The van der Waals surface area contributed by atoms with Crippen LogP contribution in [0.25, 0.3) is 0 Å². The predicted octanol–water partition coefficient (Wildman–Crippen LogP) is 3.00. The predicted molar refractivity (Wildman–Crippen MR) is 129 cm³/mol. The summed E-state index contributed by atoms with van der Waals surface area (Å²) in [4.78, 5) is 21.3. The van der Waals surface area contributed by atoms with Crippen molar-refractivity contribution >= 4 is 35.5 Å². The van der Waals surface area contributed by atoms with Crippen LogP contribution in [-0.2, 0) is 9.59 Å². The number of aliphatic carboxylic acids is 2. The highest BCUT2D eigenvalue weighted by molar-refractivity contribution is 7.99. The molecule has 3 rings (SSSR count). The van der Waals surface area contributed by atoms with Gasteiger partial charge in [-0.05, 0) is 24.3 Å². The fourth-order valence-corrected chi connectivity index (χ4v) is 4.66. The second kappa shape index (κ2) is 14.5. The Balaban J connectivity index is 0.000000414. The highest BCUT2D eigenvalue weighted by Gasteiger charge is 2.18. The van der Waals surface area contributed by atoms with Crippen molar-refractivity contribution in [3.05, 3.63) is 60.7 Å². The summed E-state index contributed by atoms with van der Waals surface area (Å²) in [6, 6.07) is 16.2. The van der Waals surface area contributed by atoms with E-state index in [1.54, 1.807) is 30.6 Å². The molecule has 0 saturated heterocycles. The molecule has 178 valence electrons. The Morgan fingerprint density at radius 3 is 2.55 bits per heavy atom. The minimum atomic E-state index is -1.26. The zero-order chi connectivity index (χ0) is 24.1. The lowest BCUT2D eigenvalue weighted by Crippen LogP contribution is -2.41. The van der Waals surface area contributed by atoms with Gasteiger partial charge in [-0.25, -0.2) is 9.59 Å². The Hall–Kier alpha value is -2.66. The number of hydrogen-bond acceptors (Lipinski definition) is 8. The lowest BCUT2D eigenvalue weighted by atomic mass is 10.3. The average molecular weight is 494 g/mol. The molecule has 10 heteroatoms. The number of benzene rings is 2. The summed E-state index contributed by atoms with van der Waals surface area (Å²) in [5.41, 5.74) is 0. The van der Waals surface area contributed by atoms with Gasteiger partial charge in [-0.3, -0.25) is 0 Å². The van der Waals surface area contributed by atoms with Crippen LogP contribution < -0.4 is 14.8 Å². The standard InChI is InChI=1S/C19H23NO3S2.C4H4O4/c1-22-16-6-2-4-8-18(16)25-13-15(21)10-20-14-11-23-17-7-3-5-9-19(17)24-12-14;5-3(6)1-2-4(7)8/h2-9,14-15,20-21H,10-13H2,1H3;1-2H,(H,5,6)(H,7,8)/b;2-1-/t14-,15-;/m1./s1. The van der Waals surface area contributed by atoms with E-state index in [2.05, 4.69) is 11.4 Å². The fraction of sp³-hybridized carbons (Fsp3) is 0.304. The quantitative estimate of drug-likeness (QED) is 0.306. The molecule has 1 aliphatic rings. The van der Waals surface area contributed by atoms with E-state index < -0.39 is 18.0 Å². The first-order valence-corrected chi connectivity index (χ1v) is 12.0.